The highest BCUT2D eigenvalue weighted by Gasteiger charge is 2.18. The van der Waals surface area contributed by atoms with E-state index in [0.717, 1.165) is 6.42 Å². The van der Waals surface area contributed by atoms with Gasteiger partial charge in [-0.15, -0.1) is 11.3 Å². The third-order valence-corrected chi connectivity index (χ3v) is 3.38. The van der Waals surface area contributed by atoms with Crippen molar-refractivity contribution >= 4 is 23.2 Å². The number of carboxylic acid groups (broad SMARTS) is 1. The lowest BCUT2D eigenvalue weighted by atomic mass is 9.87. The van der Waals surface area contributed by atoms with Crippen LogP contribution in [0.4, 0.5) is 0 Å². The molecule has 0 aliphatic heterocycles. The topological polar surface area (TPSA) is 105 Å². The maximum atomic E-state index is 11.7. The molecular weight excluding hydrogens is 278 g/mol. The second-order valence-electron chi connectivity index (χ2n) is 5.94. The summed E-state index contributed by atoms with van der Waals surface area (Å²) in [6.07, 6.45) is 1.02. The van der Waals surface area contributed by atoms with Crippen LogP contribution in [0.2, 0.25) is 0 Å². The fourth-order valence-electron chi connectivity index (χ4n) is 1.83. The fraction of sp³-hybridized carbons (Fsp3) is 0.615. The van der Waals surface area contributed by atoms with E-state index in [2.05, 4.69) is 31.1 Å². The standard InChI is InChI=1S/C13H21N3O3S/c1-13(2,3)5-8(14)4-10(17)15-6-11-16-9(7-20-11)12(18)19/h7-8H,4-6,14H2,1-3H3,(H,15,17)(H,18,19). The Bertz CT molecular complexity index is 479. The number of rotatable bonds is 6. The Balaban J connectivity index is 2.37. The molecule has 112 valence electrons. The summed E-state index contributed by atoms with van der Waals surface area (Å²) in [4.78, 5) is 26.3. The van der Waals surface area contributed by atoms with Crippen LogP contribution < -0.4 is 11.1 Å². The van der Waals surface area contributed by atoms with Crippen LogP contribution in [0.15, 0.2) is 5.38 Å². The number of aromatic carboxylic acids is 1. The average Bonchev–Trinajstić information content (AvgIpc) is 2.72. The molecule has 0 aliphatic rings. The lowest BCUT2D eigenvalue weighted by Gasteiger charge is -2.22. The van der Waals surface area contributed by atoms with Gasteiger partial charge >= 0.3 is 5.97 Å². The summed E-state index contributed by atoms with van der Waals surface area (Å²) in [5.74, 6) is -1.21. The molecule has 1 aromatic rings. The van der Waals surface area contributed by atoms with E-state index in [-0.39, 0.29) is 36.0 Å². The second kappa shape index (κ2) is 6.81. The molecule has 1 unspecified atom stereocenters. The van der Waals surface area contributed by atoms with Gasteiger partial charge in [0.05, 0.1) is 6.54 Å². The van der Waals surface area contributed by atoms with E-state index in [4.69, 9.17) is 10.8 Å². The van der Waals surface area contributed by atoms with Crippen molar-refractivity contribution in [2.45, 2.75) is 46.2 Å². The lowest BCUT2D eigenvalue weighted by molar-refractivity contribution is -0.121. The highest BCUT2D eigenvalue weighted by Crippen LogP contribution is 2.21. The van der Waals surface area contributed by atoms with Gasteiger partial charge in [0.25, 0.3) is 0 Å². The molecule has 0 fully saturated rings. The number of carbonyl (C=O) groups excluding carboxylic acids is 1. The van der Waals surface area contributed by atoms with Crippen LogP contribution >= 0.6 is 11.3 Å². The normalized spacial score (nSPS) is 13.0. The van der Waals surface area contributed by atoms with E-state index in [9.17, 15) is 9.59 Å². The predicted molar refractivity (Wildman–Crippen MR) is 77.6 cm³/mol. The number of aromatic nitrogens is 1. The van der Waals surface area contributed by atoms with Crippen molar-refractivity contribution in [1.29, 1.82) is 0 Å². The van der Waals surface area contributed by atoms with E-state index < -0.39 is 5.97 Å². The van der Waals surface area contributed by atoms with Crippen LogP contribution in [0, 0.1) is 5.41 Å². The molecule has 1 aromatic heterocycles. The molecular formula is C13H21N3O3S. The van der Waals surface area contributed by atoms with Gasteiger partial charge in [0, 0.05) is 17.8 Å². The molecule has 6 nitrogen and oxygen atoms in total. The van der Waals surface area contributed by atoms with Gasteiger partial charge < -0.3 is 16.2 Å². The molecule has 0 aromatic carbocycles. The van der Waals surface area contributed by atoms with Crippen LogP contribution in [0.1, 0.15) is 49.1 Å². The smallest absolute Gasteiger partial charge is 0.355 e. The van der Waals surface area contributed by atoms with E-state index >= 15 is 0 Å². The minimum atomic E-state index is -1.06. The average molecular weight is 299 g/mol. The molecule has 0 spiro atoms. The molecule has 1 rings (SSSR count). The van der Waals surface area contributed by atoms with Crippen molar-refractivity contribution in [2.75, 3.05) is 0 Å². The number of hydrogen-bond donors (Lipinski definition) is 3. The Morgan fingerprint density at radius 1 is 1.50 bits per heavy atom. The molecule has 7 heteroatoms. The van der Waals surface area contributed by atoms with Crippen LogP contribution in [0.25, 0.3) is 0 Å². The molecule has 20 heavy (non-hydrogen) atoms. The van der Waals surface area contributed by atoms with E-state index in [1.54, 1.807) is 0 Å². The molecule has 1 heterocycles. The Labute approximate surface area is 122 Å². The first-order valence-corrected chi connectivity index (χ1v) is 7.25. The summed E-state index contributed by atoms with van der Waals surface area (Å²) >= 11 is 1.21. The Kier molecular flexibility index (Phi) is 5.64. The van der Waals surface area contributed by atoms with E-state index in [1.807, 2.05) is 0 Å². The first-order valence-electron chi connectivity index (χ1n) is 6.37. The lowest BCUT2D eigenvalue weighted by Crippen LogP contribution is -2.34. The van der Waals surface area contributed by atoms with Crippen LogP contribution in [0.5, 0.6) is 0 Å². The van der Waals surface area contributed by atoms with Crippen molar-refractivity contribution < 1.29 is 14.7 Å². The van der Waals surface area contributed by atoms with Gasteiger partial charge in [-0.1, -0.05) is 20.8 Å². The molecule has 1 amide bonds. The van der Waals surface area contributed by atoms with Gasteiger partial charge in [0.15, 0.2) is 5.69 Å². The zero-order chi connectivity index (χ0) is 15.3. The number of carbonyl (C=O) groups is 2. The molecule has 0 bridgehead atoms. The monoisotopic (exact) mass is 299 g/mol. The Hall–Kier alpha value is -1.47. The summed E-state index contributed by atoms with van der Waals surface area (Å²) in [7, 11) is 0. The number of nitrogens with one attached hydrogen (secondary N) is 1. The minimum absolute atomic E-state index is 0.00341. The SMILES string of the molecule is CC(C)(C)CC(N)CC(=O)NCc1nc(C(=O)O)cs1. The predicted octanol–water partition coefficient (Wildman–Crippen LogP) is 1.61. The van der Waals surface area contributed by atoms with E-state index in [0.29, 0.717) is 5.01 Å². The number of hydrogen-bond acceptors (Lipinski definition) is 5. The number of thiazole rings is 1. The van der Waals surface area contributed by atoms with Crippen LogP contribution in [-0.4, -0.2) is 28.0 Å². The van der Waals surface area contributed by atoms with Crippen molar-refractivity contribution in [3.8, 4) is 0 Å². The number of amides is 1. The molecule has 0 saturated heterocycles. The molecule has 0 radical (unpaired) electrons. The summed E-state index contributed by atoms with van der Waals surface area (Å²) in [5.41, 5.74) is 6.01. The van der Waals surface area contributed by atoms with Gasteiger partial charge in [-0.05, 0) is 11.8 Å². The summed E-state index contributed by atoms with van der Waals surface area (Å²) < 4.78 is 0. The number of nitrogens with zero attached hydrogens (tertiary/aromatic N) is 1. The van der Waals surface area contributed by atoms with E-state index in [1.165, 1.54) is 16.7 Å². The summed E-state index contributed by atoms with van der Waals surface area (Å²) in [6.45, 7) is 6.47. The van der Waals surface area contributed by atoms with Gasteiger partial charge in [0.2, 0.25) is 5.91 Å². The van der Waals surface area contributed by atoms with Gasteiger partial charge in [-0.25, -0.2) is 9.78 Å². The molecule has 1 atom stereocenters. The highest BCUT2D eigenvalue weighted by molar-refractivity contribution is 7.09. The second-order valence-corrected chi connectivity index (χ2v) is 6.88. The van der Waals surface area contributed by atoms with Crippen molar-refractivity contribution in [3.05, 3.63) is 16.1 Å². The zero-order valence-electron chi connectivity index (χ0n) is 12.0. The fourth-order valence-corrected chi connectivity index (χ4v) is 2.54. The molecule has 4 N–H and O–H groups in total. The Morgan fingerprint density at radius 2 is 2.15 bits per heavy atom. The molecule has 0 aliphatic carbocycles. The largest absolute Gasteiger partial charge is 0.476 e. The third-order valence-electron chi connectivity index (χ3n) is 2.53. The zero-order valence-corrected chi connectivity index (χ0v) is 12.8. The number of carboxylic acids is 1. The van der Waals surface area contributed by atoms with Gasteiger partial charge in [-0.3, -0.25) is 4.79 Å². The molecule has 0 saturated carbocycles. The first kappa shape index (κ1) is 16.6. The van der Waals surface area contributed by atoms with Crippen molar-refractivity contribution in [3.63, 3.8) is 0 Å². The van der Waals surface area contributed by atoms with Gasteiger partial charge in [0.1, 0.15) is 5.01 Å². The quantitative estimate of drug-likeness (QED) is 0.740. The Morgan fingerprint density at radius 3 is 2.65 bits per heavy atom. The van der Waals surface area contributed by atoms with Crippen LogP contribution in [-0.2, 0) is 11.3 Å². The van der Waals surface area contributed by atoms with Crippen molar-refractivity contribution in [1.82, 2.24) is 10.3 Å². The maximum absolute atomic E-state index is 11.7. The third kappa shape index (κ3) is 6.12. The number of nitrogens with two attached hydrogens (primary N) is 1. The highest BCUT2D eigenvalue weighted by atomic mass is 32.1. The summed E-state index contributed by atoms with van der Waals surface area (Å²) in [5, 5.41) is 13.5. The minimum Gasteiger partial charge on any atom is -0.476 e. The van der Waals surface area contributed by atoms with Crippen LogP contribution in [0.3, 0.4) is 0 Å². The summed E-state index contributed by atoms with van der Waals surface area (Å²) in [6, 6.07) is -0.180. The van der Waals surface area contributed by atoms with Crippen molar-refractivity contribution in [2.24, 2.45) is 11.1 Å². The first-order chi connectivity index (χ1) is 9.17. The van der Waals surface area contributed by atoms with Gasteiger partial charge in [-0.2, -0.15) is 0 Å². The maximum Gasteiger partial charge on any atom is 0.355 e.